The minimum Gasteiger partial charge on any atom is -0.369 e. The third kappa shape index (κ3) is 6.94. The van der Waals surface area contributed by atoms with Crippen LogP contribution in [-0.4, -0.2) is 73.9 Å². The van der Waals surface area contributed by atoms with Crippen LogP contribution in [-0.2, 0) is 0 Å². The second-order valence-electron chi connectivity index (χ2n) is 9.71. The molecule has 0 saturated carbocycles. The molecule has 0 fully saturated rings. The minimum atomic E-state index is -0.401. The minimum absolute atomic E-state index is 0.208. The molecule has 0 unspecified atom stereocenters. The van der Waals surface area contributed by atoms with Gasteiger partial charge in [0, 0.05) is 60.1 Å². The van der Waals surface area contributed by atoms with Gasteiger partial charge in [0.05, 0.1) is 22.3 Å². The van der Waals surface area contributed by atoms with E-state index < -0.39 is 6.03 Å². The molecule has 0 aliphatic carbocycles. The fourth-order valence-corrected chi connectivity index (χ4v) is 4.95. The van der Waals surface area contributed by atoms with Crippen molar-refractivity contribution in [1.82, 2.24) is 15.2 Å². The van der Waals surface area contributed by atoms with E-state index in [4.69, 9.17) is 28.2 Å². The van der Waals surface area contributed by atoms with Crippen LogP contribution < -0.4 is 20.9 Å². The third-order valence-corrected chi connectivity index (χ3v) is 6.90. The van der Waals surface area contributed by atoms with Crippen LogP contribution in [0.5, 0.6) is 0 Å². The van der Waals surface area contributed by atoms with Gasteiger partial charge in [-0.2, -0.15) is 0 Å². The zero-order chi connectivity index (χ0) is 28.6. The maximum atomic E-state index is 13.2. The van der Waals surface area contributed by atoms with Gasteiger partial charge in [0.15, 0.2) is 0 Å². The number of urea groups is 1. The van der Waals surface area contributed by atoms with Crippen molar-refractivity contribution >= 4 is 74.0 Å². The molecule has 1 aromatic heterocycles. The molecule has 3 N–H and O–H groups in total. The number of anilines is 3. The number of carbonyl (C=O) groups is 2. The third-order valence-electron chi connectivity index (χ3n) is 6.56. The standard InChI is InChI=1S/C30H34Cl2N6O2/c1-20-6-4-7-23-26(20)35-28-24(8-5-9-25(28)29(39)33-16-19-37(2)3)27(23)36-30(40)34-21-10-12-22(13-11-21)38(17-14-31)18-15-32/h4-13H,14-19H2,1-3H3,(H,33,39)(H2,34,35,36,40). The molecular weight excluding hydrogens is 547 g/mol. The molecule has 4 rings (SSSR count). The first-order valence-electron chi connectivity index (χ1n) is 13.1. The summed E-state index contributed by atoms with van der Waals surface area (Å²) in [5.74, 6) is 0.777. The number of pyridine rings is 1. The Morgan fingerprint density at radius 1 is 0.825 bits per heavy atom. The number of alkyl halides is 2. The number of fused-ring (bicyclic) bond motifs is 2. The average Bonchev–Trinajstić information content (AvgIpc) is 2.93. The summed E-state index contributed by atoms with van der Waals surface area (Å²) in [4.78, 5) is 35.3. The first-order chi connectivity index (χ1) is 19.3. The van der Waals surface area contributed by atoms with Gasteiger partial charge in [0.2, 0.25) is 0 Å². The number of rotatable bonds is 11. The van der Waals surface area contributed by atoms with Crippen LogP contribution in [0.25, 0.3) is 21.8 Å². The number of benzene rings is 3. The predicted octanol–water partition coefficient (Wildman–Crippen LogP) is 5.92. The lowest BCUT2D eigenvalue weighted by atomic mass is 10.0. The lowest BCUT2D eigenvalue weighted by Crippen LogP contribution is -2.31. The highest BCUT2D eigenvalue weighted by molar-refractivity contribution is 6.19. The Morgan fingerprint density at radius 3 is 2.12 bits per heavy atom. The summed E-state index contributed by atoms with van der Waals surface area (Å²) in [5, 5.41) is 10.4. The molecule has 3 aromatic carbocycles. The smallest absolute Gasteiger partial charge is 0.323 e. The Morgan fingerprint density at radius 2 is 1.48 bits per heavy atom. The van der Waals surface area contributed by atoms with Crippen LogP contribution in [0.2, 0.25) is 0 Å². The van der Waals surface area contributed by atoms with Crippen LogP contribution in [0.3, 0.4) is 0 Å². The number of amides is 3. The number of halogens is 2. The van der Waals surface area contributed by atoms with E-state index in [0.29, 0.717) is 59.2 Å². The highest BCUT2D eigenvalue weighted by atomic mass is 35.5. The zero-order valence-electron chi connectivity index (χ0n) is 22.9. The summed E-state index contributed by atoms with van der Waals surface area (Å²) in [6.45, 7) is 4.55. The molecule has 0 aliphatic rings. The molecule has 0 radical (unpaired) electrons. The van der Waals surface area contributed by atoms with Crippen molar-refractivity contribution < 1.29 is 9.59 Å². The topological polar surface area (TPSA) is 89.6 Å². The zero-order valence-corrected chi connectivity index (χ0v) is 24.4. The molecule has 3 amide bonds. The predicted molar refractivity (Wildman–Crippen MR) is 168 cm³/mol. The van der Waals surface area contributed by atoms with Crippen molar-refractivity contribution in [2.24, 2.45) is 0 Å². The first-order valence-corrected chi connectivity index (χ1v) is 14.2. The summed E-state index contributed by atoms with van der Waals surface area (Å²) in [5.41, 5.74) is 4.87. The van der Waals surface area contributed by atoms with Crippen molar-refractivity contribution in [3.63, 3.8) is 0 Å². The van der Waals surface area contributed by atoms with E-state index in [1.165, 1.54) is 0 Å². The number of hydrogen-bond donors (Lipinski definition) is 3. The molecule has 40 heavy (non-hydrogen) atoms. The van der Waals surface area contributed by atoms with Gasteiger partial charge in [-0.15, -0.1) is 23.2 Å². The van der Waals surface area contributed by atoms with E-state index in [-0.39, 0.29) is 5.91 Å². The van der Waals surface area contributed by atoms with Crippen LogP contribution >= 0.6 is 23.2 Å². The highest BCUT2D eigenvalue weighted by Gasteiger charge is 2.18. The van der Waals surface area contributed by atoms with E-state index >= 15 is 0 Å². The van der Waals surface area contributed by atoms with Crippen LogP contribution in [0.4, 0.5) is 21.9 Å². The first kappa shape index (κ1) is 29.4. The number of nitrogens with one attached hydrogen (secondary N) is 3. The quantitative estimate of drug-likeness (QED) is 0.151. The fraction of sp³-hybridized carbons (Fsp3) is 0.300. The Hall–Kier alpha value is -3.59. The normalized spacial score (nSPS) is 11.2. The van der Waals surface area contributed by atoms with Crippen LogP contribution in [0, 0.1) is 6.92 Å². The molecule has 0 bridgehead atoms. The lowest BCUT2D eigenvalue weighted by molar-refractivity contribution is 0.0952. The van der Waals surface area contributed by atoms with E-state index in [0.717, 1.165) is 28.7 Å². The van der Waals surface area contributed by atoms with Crippen molar-refractivity contribution in [3.8, 4) is 0 Å². The van der Waals surface area contributed by atoms with E-state index in [2.05, 4.69) is 20.9 Å². The summed E-state index contributed by atoms with van der Waals surface area (Å²) < 4.78 is 0. The molecule has 0 spiro atoms. The Bertz CT molecular complexity index is 1490. The van der Waals surface area contributed by atoms with Crippen molar-refractivity contribution in [2.45, 2.75) is 6.92 Å². The Labute approximate surface area is 244 Å². The second-order valence-corrected chi connectivity index (χ2v) is 10.5. The van der Waals surface area contributed by atoms with Gasteiger partial charge >= 0.3 is 6.03 Å². The van der Waals surface area contributed by atoms with Gasteiger partial charge in [0.1, 0.15) is 0 Å². The number of nitrogens with zero attached hydrogens (tertiary/aromatic N) is 3. The molecule has 0 saturated heterocycles. The van der Waals surface area contributed by atoms with Gasteiger partial charge in [0.25, 0.3) is 5.91 Å². The molecule has 8 nitrogen and oxygen atoms in total. The lowest BCUT2D eigenvalue weighted by Gasteiger charge is -2.23. The van der Waals surface area contributed by atoms with Gasteiger partial charge < -0.3 is 25.8 Å². The molecular formula is C30H34Cl2N6O2. The molecule has 10 heteroatoms. The van der Waals surface area contributed by atoms with Crippen LogP contribution in [0.15, 0.2) is 60.7 Å². The van der Waals surface area contributed by atoms with Crippen molar-refractivity contribution in [3.05, 3.63) is 71.8 Å². The SMILES string of the molecule is Cc1cccc2c(NC(=O)Nc3ccc(N(CCCl)CCCl)cc3)c3cccc(C(=O)NCCN(C)C)c3nc12. The number of para-hydroxylation sites is 2. The van der Waals surface area contributed by atoms with Gasteiger partial charge in [-0.25, -0.2) is 9.78 Å². The number of aryl methyl sites for hydroxylation is 1. The molecule has 4 aromatic rings. The molecule has 0 atom stereocenters. The Kier molecular flexibility index (Phi) is 10.0. The average molecular weight is 582 g/mol. The number of hydrogen-bond acceptors (Lipinski definition) is 5. The summed E-state index contributed by atoms with van der Waals surface area (Å²) >= 11 is 11.9. The van der Waals surface area contributed by atoms with Crippen molar-refractivity contribution in [1.29, 1.82) is 0 Å². The fourth-order valence-electron chi connectivity index (χ4n) is 4.54. The van der Waals surface area contributed by atoms with E-state index in [1.807, 2.05) is 80.5 Å². The second kappa shape index (κ2) is 13.7. The largest absolute Gasteiger partial charge is 0.369 e. The van der Waals surface area contributed by atoms with Crippen LogP contribution in [0.1, 0.15) is 15.9 Å². The summed E-state index contributed by atoms with van der Waals surface area (Å²) in [7, 11) is 3.91. The number of carbonyl (C=O) groups excluding carboxylic acids is 2. The maximum absolute atomic E-state index is 13.2. The number of likely N-dealkylation sites (N-methyl/N-ethyl adjacent to an activating group) is 1. The van der Waals surface area contributed by atoms with Gasteiger partial charge in [-0.3, -0.25) is 4.79 Å². The highest BCUT2D eigenvalue weighted by Crippen LogP contribution is 2.34. The van der Waals surface area contributed by atoms with E-state index in [9.17, 15) is 9.59 Å². The van der Waals surface area contributed by atoms with Gasteiger partial charge in [-0.05, 0) is 56.9 Å². The Balaban J connectivity index is 1.64. The van der Waals surface area contributed by atoms with Crippen molar-refractivity contribution in [2.75, 3.05) is 67.6 Å². The number of aromatic nitrogens is 1. The van der Waals surface area contributed by atoms with E-state index in [1.54, 1.807) is 6.07 Å². The summed E-state index contributed by atoms with van der Waals surface area (Å²) in [6, 6.07) is 18.4. The molecule has 1 heterocycles. The maximum Gasteiger partial charge on any atom is 0.323 e. The summed E-state index contributed by atoms with van der Waals surface area (Å²) in [6.07, 6.45) is 0. The molecule has 210 valence electrons. The van der Waals surface area contributed by atoms with Gasteiger partial charge in [-0.1, -0.05) is 30.3 Å². The monoisotopic (exact) mass is 580 g/mol. The molecule has 0 aliphatic heterocycles.